The van der Waals surface area contributed by atoms with Crippen LogP contribution in [0.25, 0.3) is 0 Å². The van der Waals surface area contributed by atoms with Crippen molar-refractivity contribution in [2.45, 2.75) is 6.42 Å². The van der Waals surface area contributed by atoms with Crippen LogP contribution in [0.5, 0.6) is 0 Å². The zero-order valence-corrected chi connectivity index (χ0v) is 7.84. The van der Waals surface area contributed by atoms with Crippen molar-refractivity contribution in [2.75, 3.05) is 0 Å². The molecule has 15 heavy (non-hydrogen) atoms. The van der Waals surface area contributed by atoms with Gasteiger partial charge in [-0.25, -0.2) is 14.8 Å². The van der Waals surface area contributed by atoms with Crippen molar-refractivity contribution < 1.29 is 9.90 Å². The number of hydrogen-bond donors (Lipinski definition) is 2. The standard InChI is InChI=1S/C10H9N3O2/c14-10(15)9-12-5-3-8(13-9)6-7-2-1-4-11-7/h1-5,11H,6H2,(H,14,15). The number of rotatable bonds is 3. The number of nitrogens with zero attached hydrogens (tertiary/aromatic N) is 2. The quantitative estimate of drug-likeness (QED) is 0.782. The Kier molecular flexibility index (Phi) is 2.45. The van der Waals surface area contributed by atoms with Crippen LogP contribution in [0.15, 0.2) is 30.6 Å². The zero-order chi connectivity index (χ0) is 10.7. The van der Waals surface area contributed by atoms with E-state index in [4.69, 9.17) is 5.11 Å². The third kappa shape index (κ3) is 2.19. The largest absolute Gasteiger partial charge is 0.475 e. The number of H-pyrrole nitrogens is 1. The fourth-order valence-electron chi connectivity index (χ4n) is 1.27. The second-order valence-corrected chi connectivity index (χ2v) is 3.05. The molecule has 2 rings (SSSR count). The second kappa shape index (κ2) is 3.91. The molecule has 76 valence electrons. The lowest BCUT2D eigenvalue weighted by molar-refractivity contribution is 0.0683. The van der Waals surface area contributed by atoms with E-state index in [2.05, 4.69) is 15.0 Å². The molecular weight excluding hydrogens is 194 g/mol. The van der Waals surface area contributed by atoms with Crippen molar-refractivity contribution in [1.82, 2.24) is 15.0 Å². The lowest BCUT2D eigenvalue weighted by Gasteiger charge is -1.99. The fourth-order valence-corrected chi connectivity index (χ4v) is 1.27. The van der Waals surface area contributed by atoms with Crippen LogP contribution in [0.4, 0.5) is 0 Å². The molecule has 2 heterocycles. The van der Waals surface area contributed by atoms with Crippen molar-refractivity contribution in [3.8, 4) is 0 Å². The van der Waals surface area contributed by atoms with Crippen LogP contribution >= 0.6 is 0 Å². The van der Waals surface area contributed by atoms with Crippen LogP contribution in [0, 0.1) is 0 Å². The lowest BCUT2D eigenvalue weighted by atomic mass is 10.2. The first kappa shape index (κ1) is 9.39. The minimum atomic E-state index is -1.11. The summed E-state index contributed by atoms with van der Waals surface area (Å²) in [6.45, 7) is 0. The number of aromatic amines is 1. The highest BCUT2D eigenvalue weighted by atomic mass is 16.4. The SMILES string of the molecule is O=C(O)c1nccc(Cc2ccc[nH]2)n1. The van der Waals surface area contributed by atoms with Gasteiger partial charge in [0.1, 0.15) is 0 Å². The maximum absolute atomic E-state index is 10.6. The number of aromatic carboxylic acids is 1. The summed E-state index contributed by atoms with van der Waals surface area (Å²) in [6, 6.07) is 5.50. The monoisotopic (exact) mass is 203 g/mol. The van der Waals surface area contributed by atoms with E-state index < -0.39 is 5.97 Å². The van der Waals surface area contributed by atoms with E-state index in [1.807, 2.05) is 18.3 Å². The predicted molar refractivity (Wildman–Crippen MR) is 52.6 cm³/mol. The molecule has 0 aliphatic rings. The topological polar surface area (TPSA) is 78.9 Å². The lowest BCUT2D eigenvalue weighted by Crippen LogP contribution is -2.06. The Hall–Kier alpha value is -2.17. The summed E-state index contributed by atoms with van der Waals surface area (Å²) in [7, 11) is 0. The molecule has 5 nitrogen and oxygen atoms in total. The number of nitrogens with one attached hydrogen (secondary N) is 1. The van der Waals surface area contributed by atoms with Crippen molar-refractivity contribution in [2.24, 2.45) is 0 Å². The highest BCUT2D eigenvalue weighted by Gasteiger charge is 2.07. The Morgan fingerprint density at radius 3 is 3.00 bits per heavy atom. The minimum absolute atomic E-state index is 0.168. The molecular formula is C10H9N3O2. The molecule has 0 unspecified atom stereocenters. The first-order valence-corrected chi connectivity index (χ1v) is 4.43. The molecule has 0 aliphatic heterocycles. The summed E-state index contributed by atoms with van der Waals surface area (Å²) in [5.74, 6) is -1.28. The van der Waals surface area contributed by atoms with Gasteiger partial charge in [0.25, 0.3) is 0 Å². The van der Waals surface area contributed by atoms with Gasteiger partial charge in [0.05, 0.1) is 5.69 Å². The van der Waals surface area contributed by atoms with Crippen molar-refractivity contribution >= 4 is 5.97 Å². The number of carbonyl (C=O) groups is 1. The van der Waals surface area contributed by atoms with Gasteiger partial charge in [0.15, 0.2) is 0 Å². The van der Waals surface area contributed by atoms with Gasteiger partial charge in [-0.1, -0.05) is 0 Å². The molecule has 0 aromatic carbocycles. The van der Waals surface area contributed by atoms with E-state index in [0.717, 1.165) is 5.69 Å². The van der Waals surface area contributed by atoms with Gasteiger partial charge >= 0.3 is 5.97 Å². The average molecular weight is 203 g/mol. The first-order chi connectivity index (χ1) is 7.25. The van der Waals surface area contributed by atoms with Crippen LogP contribution < -0.4 is 0 Å². The number of carboxylic acid groups (broad SMARTS) is 1. The number of hydrogen-bond acceptors (Lipinski definition) is 3. The molecule has 0 amide bonds. The molecule has 0 fully saturated rings. The number of aromatic nitrogens is 3. The normalized spacial score (nSPS) is 10.1. The Morgan fingerprint density at radius 1 is 1.47 bits per heavy atom. The van der Waals surface area contributed by atoms with E-state index in [9.17, 15) is 4.79 Å². The number of carboxylic acids is 1. The average Bonchev–Trinajstić information content (AvgIpc) is 2.71. The molecule has 0 atom stereocenters. The van der Waals surface area contributed by atoms with Crippen molar-refractivity contribution in [1.29, 1.82) is 0 Å². The third-order valence-corrected chi connectivity index (χ3v) is 1.94. The van der Waals surface area contributed by atoms with Crippen molar-refractivity contribution in [3.05, 3.63) is 47.8 Å². The summed E-state index contributed by atoms with van der Waals surface area (Å²) in [5.41, 5.74) is 1.68. The summed E-state index contributed by atoms with van der Waals surface area (Å²) >= 11 is 0. The first-order valence-electron chi connectivity index (χ1n) is 4.43. The van der Waals surface area contributed by atoms with E-state index in [1.54, 1.807) is 6.07 Å². The van der Waals surface area contributed by atoms with Gasteiger partial charge in [-0.15, -0.1) is 0 Å². The molecule has 0 saturated carbocycles. The molecule has 2 aromatic heterocycles. The van der Waals surface area contributed by atoms with Crippen LogP contribution in [-0.2, 0) is 6.42 Å². The molecule has 0 radical (unpaired) electrons. The van der Waals surface area contributed by atoms with Crippen LogP contribution in [0.1, 0.15) is 22.0 Å². The van der Waals surface area contributed by atoms with E-state index in [-0.39, 0.29) is 5.82 Å². The smallest absolute Gasteiger partial charge is 0.373 e. The van der Waals surface area contributed by atoms with Gasteiger partial charge in [-0.2, -0.15) is 0 Å². The minimum Gasteiger partial charge on any atom is -0.475 e. The summed E-state index contributed by atoms with van der Waals surface area (Å²) < 4.78 is 0. The van der Waals surface area contributed by atoms with Gasteiger partial charge in [0.2, 0.25) is 5.82 Å². The van der Waals surface area contributed by atoms with Gasteiger partial charge < -0.3 is 10.1 Å². The van der Waals surface area contributed by atoms with E-state index in [0.29, 0.717) is 12.1 Å². The highest BCUT2D eigenvalue weighted by Crippen LogP contribution is 2.04. The molecule has 0 aliphatic carbocycles. The van der Waals surface area contributed by atoms with Gasteiger partial charge in [-0.05, 0) is 18.2 Å². The van der Waals surface area contributed by atoms with Gasteiger partial charge in [-0.3, -0.25) is 0 Å². The van der Waals surface area contributed by atoms with Crippen molar-refractivity contribution in [3.63, 3.8) is 0 Å². The molecule has 2 N–H and O–H groups in total. The van der Waals surface area contributed by atoms with Crippen LogP contribution in [-0.4, -0.2) is 26.0 Å². The van der Waals surface area contributed by atoms with Gasteiger partial charge in [0, 0.05) is 24.5 Å². The molecule has 0 saturated heterocycles. The predicted octanol–water partition coefficient (Wildman–Crippen LogP) is 1.09. The van der Waals surface area contributed by atoms with E-state index in [1.165, 1.54) is 6.20 Å². The van der Waals surface area contributed by atoms with E-state index >= 15 is 0 Å². The third-order valence-electron chi connectivity index (χ3n) is 1.94. The second-order valence-electron chi connectivity index (χ2n) is 3.05. The molecule has 5 heteroatoms. The zero-order valence-electron chi connectivity index (χ0n) is 7.84. The highest BCUT2D eigenvalue weighted by molar-refractivity contribution is 5.82. The Bertz CT molecular complexity index is 465. The Balaban J connectivity index is 2.22. The Morgan fingerprint density at radius 2 is 2.33 bits per heavy atom. The molecule has 0 spiro atoms. The molecule has 2 aromatic rings. The Labute approximate surface area is 85.8 Å². The fraction of sp³-hybridized carbons (Fsp3) is 0.100. The summed E-state index contributed by atoms with van der Waals surface area (Å²) in [6.07, 6.45) is 3.85. The molecule has 0 bridgehead atoms. The summed E-state index contributed by atoms with van der Waals surface area (Å²) in [4.78, 5) is 21.2. The van der Waals surface area contributed by atoms with Crippen LogP contribution in [0.3, 0.4) is 0 Å². The maximum atomic E-state index is 10.6. The maximum Gasteiger partial charge on any atom is 0.373 e. The summed E-state index contributed by atoms with van der Waals surface area (Å²) in [5, 5.41) is 8.70. The van der Waals surface area contributed by atoms with Crippen LogP contribution in [0.2, 0.25) is 0 Å².